The van der Waals surface area contributed by atoms with Crippen LogP contribution in [0.3, 0.4) is 0 Å². The van der Waals surface area contributed by atoms with E-state index in [9.17, 15) is 4.79 Å². The summed E-state index contributed by atoms with van der Waals surface area (Å²) in [5, 5.41) is 0. The van der Waals surface area contributed by atoms with Crippen molar-refractivity contribution < 1.29 is 4.79 Å². The van der Waals surface area contributed by atoms with E-state index in [1.165, 1.54) is 0 Å². The zero-order valence-corrected chi connectivity index (χ0v) is 13.0. The molecule has 2 unspecified atom stereocenters. The molecular weight excluding hydrogens is 262 g/mol. The van der Waals surface area contributed by atoms with Crippen molar-refractivity contribution in [1.29, 1.82) is 0 Å². The van der Waals surface area contributed by atoms with Gasteiger partial charge in [-0.3, -0.25) is 4.79 Å². The molecule has 0 N–H and O–H groups in total. The molecule has 1 saturated carbocycles. The van der Waals surface area contributed by atoms with E-state index < -0.39 is 0 Å². The molecule has 1 fully saturated rings. The van der Waals surface area contributed by atoms with Gasteiger partial charge in [-0.2, -0.15) is 0 Å². The molecule has 0 spiro atoms. The average molecular weight is 285 g/mol. The minimum Gasteiger partial charge on any atom is -0.333 e. The van der Waals surface area contributed by atoms with Gasteiger partial charge in [0.1, 0.15) is 5.65 Å². The van der Waals surface area contributed by atoms with Crippen LogP contribution in [0.1, 0.15) is 50.4 Å². The predicted octanol–water partition coefficient (Wildman–Crippen LogP) is 3.37. The second kappa shape index (κ2) is 5.51. The summed E-state index contributed by atoms with van der Waals surface area (Å²) in [6.45, 7) is 6.59. The number of aromatic nitrogens is 2. The maximum atomic E-state index is 13.1. The maximum Gasteiger partial charge on any atom is 0.258 e. The summed E-state index contributed by atoms with van der Waals surface area (Å²) in [6, 6.07) is 4.49. The van der Waals surface area contributed by atoms with Crippen LogP contribution in [0, 0.1) is 5.92 Å². The van der Waals surface area contributed by atoms with Gasteiger partial charge in [-0.05, 0) is 37.8 Å². The molecule has 0 aromatic carbocycles. The third-order valence-corrected chi connectivity index (χ3v) is 4.73. The number of imidazole rings is 1. The zero-order chi connectivity index (χ0) is 15.0. The number of fused-ring (bicyclic) bond motifs is 1. The molecular formula is C17H23N3O. The lowest BCUT2D eigenvalue weighted by atomic mass is 9.98. The minimum absolute atomic E-state index is 0.127. The molecule has 1 aliphatic carbocycles. The minimum atomic E-state index is 0.127. The predicted molar refractivity (Wildman–Crippen MR) is 83.3 cm³/mol. The van der Waals surface area contributed by atoms with E-state index in [-0.39, 0.29) is 11.9 Å². The van der Waals surface area contributed by atoms with Crippen LogP contribution in [-0.4, -0.2) is 32.3 Å². The van der Waals surface area contributed by atoms with Gasteiger partial charge in [-0.1, -0.05) is 20.3 Å². The Morgan fingerprint density at radius 1 is 1.43 bits per heavy atom. The molecule has 1 aliphatic rings. The SMILES string of the molecule is CCC(C)C(C)N(C(=O)c1cccn2ccnc12)C1CC1. The van der Waals surface area contributed by atoms with Crippen LogP contribution in [0.5, 0.6) is 0 Å². The standard InChI is InChI=1S/C17H23N3O/c1-4-12(2)13(3)20(14-7-8-14)17(21)15-6-5-10-19-11-9-18-16(15)19/h5-6,9-14H,4,7-8H2,1-3H3. The fraction of sp³-hybridized carbons (Fsp3) is 0.529. The fourth-order valence-electron chi connectivity index (χ4n) is 2.91. The summed E-state index contributed by atoms with van der Waals surface area (Å²) in [6.07, 6.45) is 8.90. The Kier molecular flexibility index (Phi) is 3.70. The highest BCUT2D eigenvalue weighted by molar-refractivity contribution is 6.00. The van der Waals surface area contributed by atoms with Crippen LogP contribution >= 0.6 is 0 Å². The first-order valence-electron chi connectivity index (χ1n) is 7.87. The van der Waals surface area contributed by atoms with Gasteiger partial charge in [-0.25, -0.2) is 4.98 Å². The van der Waals surface area contributed by atoms with E-state index >= 15 is 0 Å². The van der Waals surface area contributed by atoms with E-state index in [1.807, 2.05) is 28.9 Å². The van der Waals surface area contributed by atoms with E-state index in [0.29, 0.717) is 17.5 Å². The van der Waals surface area contributed by atoms with Crippen LogP contribution < -0.4 is 0 Å². The molecule has 2 aromatic rings. The van der Waals surface area contributed by atoms with Crippen LogP contribution in [0.15, 0.2) is 30.7 Å². The molecule has 2 atom stereocenters. The van der Waals surface area contributed by atoms with Gasteiger partial charge in [0, 0.05) is 30.7 Å². The van der Waals surface area contributed by atoms with Gasteiger partial charge in [0.25, 0.3) is 5.91 Å². The van der Waals surface area contributed by atoms with Crippen molar-refractivity contribution >= 4 is 11.6 Å². The van der Waals surface area contributed by atoms with Crippen molar-refractivity contribution in [3.8, 4) is 0 Å². The topological polar surface area (TPSA) is 37.6 Å². The zero-order valence-electron chi connectivity index (χ0n) is 13.0. The number of amides is 1. The summed E-state index contributed by atoms with van der Waals surface area (Å²) in [5.41, 5.74) is 1.47. The number of rotatable bonds is 5. The lowest BCUT2D eigenvalue weighted by molar-refractivity contribution is 0.0617. The third-order valence-electron chi connectivity index (χ3n) is 4.73. The van der Waals surface area contributed by atoms with E-state index in [0.717, 1.165) is 24.9 Å². The van der Waals surface area contributed by atoms with Crippen molar-refractivity contribution in [2.75, 3.05) is 0 Å². The molecule has 21 heavy (non-hydrogen) atoms. The average Bonchev–Trinajstić information content (AvgIpc) is 3.21. The third kappa shape index (κ3) is 2.55. The monoisotopic (exact) mass is 285 g/mol. The molecule has 3 rings (SSSR count). The van der Waals surface area contributed by atoms with E-state index in [4.69, 9.17) is 0 Å². The molecule has 4 nitrogen and oxygen atoms in total. The number of pyridine rings is 1. The Hall–Kier alpha value is -1.84. The molecule has 0 radical (unpaired) electrons. The summed E-state index contributed by atoms with van der Waals surface area (Å²) in [5.74, 6) is 0.635. The summed E-state index contributed by atoms with van der Waals surface area (Å²) >= 11 is 0. The lowest BCUT2D eigenvalue weighted by Crippen LogP contribution is -2.43. The summed E-state index contributed by atoms with van der Waals surface area (Å²) < 4.78 is 1.91. The Balaban J connectivity index is 1.96. The lowest BCUT2D eigenvalue weighted by Gasteiger charge is -2.33. The second-order valence-corrected chi connectivity index (χ2v) is 6.15. The Labute approximate surface area is 125 Å². The molecule has 112 valence electrons. The first-order valence-corrected chi connectivity index (χ1v) is 7.87. The van der Waals surface area contributed by atoms with Crippen LogP contribution in [0.25, 0.3) is 5.65 Å². The van der Waals surface area contributed by atoms with Gasteiger partial charge in [0.2, 0.25) is 0 Å². The smallest absolute Gasteiger partial charge is 0.258 e. The van der Waals surface area contributed by atoms with Crippen molar-refractivity contribution in [3.63, 3.8) is 0 Å². The molecule has 0 saturated heterocycles. The number of hydrogen-bond acceptors (Lipinski definition) is 2. The molecule has 2 aromatic heterocycles. The highest BCUT2D eigenvalue weighted by Crippen LogP contribution is 2.33. The number of hydrogen-bond donors (Lipinski definition) is 0. The molecule has 4 heteroatoms. The Morgan fingerprint density at radius 3 is 2.86 bits per heavy atom. The van der Waals surface area contributed by atoms with Crippen LogP contribution in [-0.2, 0) is 0 Å². The Morgan fingerprint density at radius 2 is 2.19 bits per heavy atom. The molecule has 0 bridgehead atoms. The number of carbonyl (C=O) groups excluding carboxylic acids is 1. The molecule has 1 amide bonds. The number of carbonyl (C=O) groups is 1. The van der Waals surface area contributed by atoms with Crippen LogP contribution in [0.2, 0.25) is 0 Å². The van der Waals surface area contributed by atoms with Gasteiger partial charge < -0.3 is 9.30 Å². The van der Waals surface area contributed by atoms with Gasteiger partial charge in [0.05, 0.1) is 5.56 Å². The first kappa shape index (κ1) is 14.1. The second-order valence-electron chi connectivity index (χ2n) is 6.15. The normalized spacial score (nSPS) is 17.7. The van der Waals surface area contributed by atoms with Crippen LogP contribution in [0.4, 0.5) is 0 Å². The van der Waals surface area contributed by atoms with E-state index in [1.54, 1.807) is 6.20 Å². The largest absolute Gasteiger partial charge is 0.333 e. The van der Waals surface area contributed by atoms with Crippen molar-refractivity contribution in [3.05, 3.63) is 36.3 Å². The van der Waals surface area contributed by atoms with E-state index in [2.05, 4.69) is 30.7 Å². The molecule has 2 heterocycles. The molecule has 0 aliphatic heterocycles. The summed E-state index contributed by atoms with van der Waals surface area (Å²) in [4.78, 5) is 19.5. The van der Waals surface area contributed by atoms with Gasteiger partial charge in [-0.15, -0.1) is 0 Å². The maximum absolute atomic E-state index is 13.1. The van der Waals surface area contributed by atoms with Crippen molar-refractivity contribution in [2.45, 2.75) is 52.1 Å². The Bertz CT molecular complexity index is 644. The summed E-state index contributed by atoms with van der Waals surface area (Å²) in [7, 11) is 0. The quantitative estimate of drug-likeness (QED) is 0.844. The van der Waals surface area contributed by atoms with Gasteiger partial charge >= 0.3 is 0 Å². The number of nitrogens with zero attached hydrogens (tertiary/aromatic N) is 3. The van der Waals surface area contributed by atoms with Crippen molar-refractivity contribution in [1.82, 2.24) is 14.3 Å². The highest BCUT2D eigenvalue weighted by atomic mass is 16.2. The van der Waals surface area contributed by atoms with Gasteiger partial charge in [0.15, 0.2) is 0 Å². The highest BCUT2D eigenvalue weighted by Gasteiger charge is 2.38. The fourth-order valence-corrected chi connectivity index (χ4v) is 2.91. The van der Waals surface area contributed by atoms with Crippen molar-refractivity contribution in [2.24, 2.45) is 5.92 Å². The first-order chi connectivity index (χ1) is 10.1.